The molecule has 2 amide bonds. The van der Waals surface area contributed by atoms with E-state index in [1.807, 2.05) is 72.1 Å². The van der Waals surface area contributed by atoms with Gasteiger partial charge in [0.1, 0.15) is 18.1 Å². The SMILES string of the molecule is COc1ccc(-n2nc(-c3ccc(Cl)cc3)c3c2N(CC(=O)NCc2ccccn2)C(=O)CSC3c2ccsc2)cc1. The summed E-state index contributed by atoms with van der Waals surface area (Å²) in [4.78, 5) is 33.0. The van der Waals surface area contributed by atoms with E-state index in [9.17, 15) is 9.59 Å². The molecule has 0 fully saturated rings. The van der Waals surface area contributed by atoms with Crippen molar-refractivity contribution in [2.45, 2.75) is 11.8 Å². The average molecular weight is 616 g/mol. The molecule has 8 nitrogen and oxygen atoms in total. The maximum atomic E-state index is 13.8. The quantitative estimate of drug-likeness (QED) is 0.225. The van der Waals surface area contributed by atoms with Crippen molar-refractivity contribution in [1.82, 2.24) is 20.1 Å². The van der Waals surface area contributed by atoms with Crippen molar-refractivity contribution in [2.24, 2.45) is 0 Å². The molecule has 0 radical (unpaired) electrons. The standard InChI is InChI=1S/C31H26ClN5O3S2/c1-40-25-11-9-24(10-12-25)37-31-28(29(35-37)20-5-7-22(32)8-6-20)30(21-13-15-41-18-21)42-19-27(39)36(31)17-26(38)34-16-23-4-2-3-14-33-23/h2-15,18,30H,16-17,19H2,1H3,(H,34,38). The van der Waals surface area contributed by atoms with Crippen molar-refractivity contribution in [1.29, 1.82) is 0 Å². The Balaban J connectivity index is 1.50. The first kappa shape index (κ1) is 28.0. The lowest BCUT2D eigenvalue weighted by atomic mass is 10.0. The summed E-state index contributed by atoms with van der Waals surface area (Å²) < 4.78 is 7.13. The Morgan fingerprint density at radius 1 is 1.10 bits per heavy atom. The number of carbonyl (C=O) groups is 2. The van der Waals surface area contributed by atoms with Crippen LogP contribution in [0.4, 0.5) is 5.82 Å². The molecule has 0 spiro atoms. The highest BCUT2D eigenvalue weighted by Crippen LogP contribution is 2.49. The van der Waals surface area contributed by atoms with Gasteiger partial charge in [0, 0.05) is 22.3 Å². The van der Waals surface area contributed by atoms with Crippen LogP contribution in [0.2, 0.25) is 5.02 Å². The molecule has 2 aromatic carbocycles. The van der Waals surface area contributed by atoms with E-state index in [-0.39, 0.29) is 35.9 Å². The molecule has 1 aliphatic heterocycles. The summed E-state index contributed by atoms with van der Waals surface area (Å²) in [6, 6.07) is 22.6. The lowest BCUT2D eigenvalue weighted by Gasteiger charge is -2.23. The maximum absolute atomic E-state index is 13.8. The fourth-order valence-electron chi connectivity index (χ4n) is 4.82. The van der Waals surface area contributed by atoms with Crippen molar-refractivity contribution in [3.8, 4) is 22.7 Å². The number of fused-ring (bicyclic) bond motifs is 1. The van der Waals surface area contributed by atoms with Crippen LogP contribution in [0.5, 0.6) is 5.75 Å². The number of nitrogens with one attached hydrogen (secondary N) is 1. The molecule has 3 aromatic heterocycles. The summed E-state index contributed by atoms with van der Waals surface area (Å²) in [7, 11) is 1.61. The van der Waals surface area contributed by atoms with Gasteiger partial charge in [-0.2, -0.15) is 16.4 Å². The fraction of sp³-hybridized carbons (Fsp3) is 0.161. The molecule has 0 aliphatic carbocycles. The molecular weight excluding hydrogens is 590 g/mol. The number of thiophene rings is 1. The van der Waals surface area contributed by atoms with Crippen molar-refractivity contribution >= 4 is 52.3 Å². The number of hydrogen-bond acceptors (Lipinski definition) is 7. The van der Waals surface area contributed by atoms with Gasteiger partial charge in [0.05, 0.1) is 41.7 Å². The normalized spacial score (nSPS) is 14.8. The van der Waals surface area contributed by atoms with Crippen LogP contribution in [-0.4, -0.2) is 46.0 Å². The topological polar surface area (TPSA) is 89.3 Å². The second kappa shape index (κ2) is 12.4. The third-order valence-corrected chi connectivity index (χ3v) is 9.07. The minimum atomic E-state index is -0.297. The van der Waals surface area contributed by atoms with Gasteiger partial charge in [-0.25, -0.2) is 4.68 Å². The monoisotopic (exact) mass is 615 g/mol. The highest BCUT2D eigenvalue weighted by Gasteiger charge is 2.37. The first-order valence-electron chi connectivity index (χ1n) is 13.2. The molecule has 0 bridgehead atoms. The van der Waals surface area contributed by atoms with Crippen molar-refractivity contribution in [3.63, 3.8) is 0 Å². The Morgan fingerprint density at radius 2 is 1.90 bits per heavy atom. The Kier molecular flexibility index (Phi) is 8.27. The molecule has 0 saturated heterocycles. The van der Waals surface area contributed by atoms with Crippen LogP contribution in [0.3, 0.4) is 0 Å². The number of thioether (sulfide) groups is 1. The van der Waals surface area contributed by atoms with Gasteiger partial charge in [0.2, 0.25) is 11.8 Å². The number of methoxy groups -OCH3 is 1. The summed E-state index contributed by atoms with van der Waals surface area (Å²) in [5.74, 6) is 0.984. The Hall–Kier alpha value is -4.12. The zero-order chi connectivity index (χ0) is 29.1. The van der Waals surface area contributed by atoms with Gasteiger partial charge in [0.25, 0.3) is 0 Å². The third-order valence-electron chi connectivity index (χ3n) is 6.86. The summed E-state index contributed by atoms with van der Waals surface area (Å²) in [6.45, 7) is 0.0894. The Morgan fingerprint density at radius 3 is 2.60 bits per heavy atom. The molecule has 42 heavy (non-hydrogen) atoms. The van der Waals surface area contributed by atoms with E-state index in [1.165, 1.54) is 11.8 Å². The molecule has 5 aromatic rings. The van der Waals surface area contributed by atoms with Crippen LogP contribution < -0.4 is 15.0 Å². The number of halogens is 1. The number of benzene rings is 2. The lowest BCUT2D eigenvalue weighted by molar-refractivity contribution is -0.123. The van der Waals surface area contributed by atoms with E-state index >= 15 is 0 Å². The number of hydrogen-bond donors (Lipinski definition) is 1. The number of anilines is 1. The molecule has 11 heteroatoms. The molecule has 1 aliphatic rings. The zero-order valence-corrected chi connectivity index (χ0v) is 25.0. The highest BCUT2D eigenvalue weighted by molar-refractivity contribution is 8.00. The van der Waals surface area contributed by atoms with Gasteiger partial charge in [-0.1, -0.05) is 29.8 Å². The second-order valence-corrected chi connectivity index (χ2v) is 11.8. The first-order valence-corrected chi connectivity index (χ1v) is 15.5. The summed E-state index contributed by atoms with van der Waals surface area (Å²) in [5, 5.41) is 12.6. The summed E-state index contributed by atoms with van der Waals surface area (Å²) in [5.41, 5.74) is 4.97. The number of ether oxygens (including phenoxy) is 1. The number of rotatable bonds is 8. The predicted octanol–water partition coefficient (Wildman–Crippen LogP) is 6.14. The van der Waals surface area contributed by atoms with Crippen LogP contribution in [0.25, 0.3) is 16.9 Å². The van der Waals surface area contributed by atoms with Crippen LogP contribution >= 0.6 is 34.7 Å². The molecule has 6 rings (SSSR count). The van der Waals surface area contributed by atoms with Gasteiger partial charge < -0.3 is 10.1 Å². The zero-order valence-electron chi connectivity index (χ0n) is 22.6. The van der Waals surface area contributed by atoms with E-state index in [4.69, 9.17) is 21.4 Å². The van der Waals surface area contributed by atoms with Crippen molar-refractivity contribution < 1.29 is 14.3 Å². The van der Waals surface area contributed by atoms with Gasteiger partial charge in [-0.15, -0.1) is 11.8 Å². The van der Waals surface area contributed by atoms with E-state index in [1.54, 1.807) is 34.2 Å². The molecule has 1 atom stereocenters. The minimum Gasteiger partial charge on any atom is -0.497 e. The molecule has 212 valence electrons. The molecular formula is C31H26ClN5O3S2. The Bertz CT molecular complexity index is 1690. The van der Waals surface area contributed by atoms with Gasteiger partial charge in [0.15, 0.2) is 0 Å². The minimum absolute atomic E-state index is 0.169. The smallest absolute Gasteiger partial charge is 0.240 e. The van der Waals surface area contributed by atoms with Crippen LogP contribution in [0, 0.1) is 0 Å². The van der Waals surface area contributed by atoms with E-state index in [2.05, 4.69) is 21.7 Å². The maximum Gasteiger partial charge on any atom is 0.240 e. The van der Waals surface area contributed by atoms with Crippen molar-refractivity contribution in [2.75, 3.05) is 24.3 Å². The van der Waals surface area contributed by atoms with E-state index < -0.39 is 0 Å². The Labute approximate surface area is 256 Å². The summed E-state index contributed by atoms with van der Waals surface area (Å²) in [6.07, 6.45) is 1.68. The lowest BCUT2D eigenvalue weighted by Crippen LogP contribution is -2.42. The summed E-state index contributed by atoms with van der Waals surface area (Å²) >= 11 is 9.38. The number of aromatic nitrogens is 3. The first-order chi connectivity index (χ1) is 20.5. The number of carbonyl (C=O) groups excluding carboxylic acids is 2. The number of amides is 2. The third kappa shape index (κ3) is 5.78. The highest BCUT2D eigenvalue weighted by atomic mass is 35.5. The van der Waals surface area contributed by atoms with E-state index in [0.717, 1.165) is 33.8 Å². The van der Waals surface area contributed by atoms with Gasteiger partial charge in [-0.3, -0.25) is 19.5 Å². The molecule has 1 unspecified atom stereocenters. The number of pyridine rings is 1. The van der Waals surface area contributed by atoms with Crippen LogP contribution in [0.1, 0.15) is 22.1 Å². The fourth-order valence-corrected chi connectivity index (χ4v) is 6.91. The molecule has 4 heterocycles. The van der Waals surface area contributed by atoms with Crippen molar-refractivity contribution in [3.05, 3.63) is 112 Å². The van der Waals surface area contributed by atoms with Crippen LogP contribution in [0.15, 0.2) is 89.8 Å². The average Bonchev–Trinajstić information content (AvgIpc) is 3.67. The largest absolute Gasteiger partial charge is 0.497 e. The molecule has 1 N–H and O–H groups in total. The predicted molar refractivity (Wildman–Crippen MR) is 168 cm³/mol. The number of nitrogens with zero attached hydrogens (tertiary/aromatic N) is 4. The van der Waals surface area contributed by atoms with Crippen LogP contribution in [-0.2, 0) is 16.1 Å². The van der Waals surface area contributed by atoms with Gasteiger partial charge in [-0.05, 0) is 70.9 Å². The van der Waals surface area contributed by atoms with Gasteiger partial charge >= 0.3 is 0 Å². The molecule has 0 saturated carbocycles. The van der Waals surface area contributed by atoms with E-state index in [0.29, 0.717) is 16.6 Å². The second-order valence-electron chi connectivity index (χ2n) is 9.53.